The molecule has 0 spiro atoms. The summed E-state index contributed by atoms with van der Waals surface area (Å²) in [7, 11) is 0. The Morgan fingerprint density at radius 2 is 2.08 bits per heavy atom. The molecule has 2 N–H and O–H groups in total. The Kier molecular flexibility index (Phi) is 6.12. The van der Waals surface area contributed by atoms with E-state index in [-0.39, 0.29) is 18.1 Å². The highest BCUT2D eigenvalue weighted by molar-refractivity contribution is 5.91. The van der Waals surface area contributed by atoms with Crippen LogP contribution in [0.15, 0.2) is 10.6 Å². The summed E-state index contributed by atoms with van der Waals surface area (Å²) in [6.07, 6.45) is 6.98. The molecular weight excluding hydrogens is 318 g/mol. The molecule has 2 heterocycles. The third kappa shape index (κ3) is 4.42. The Balaban J connectivity index is 1.48. The van der Waals surface area contributed by atoms with E-state index in [0.717, 1.165) is 57.3 Å². The van der Waals surface area contributed by atoms with Crippen molar-refractivity contribution in [2.45, 2.75) is 82.9 Å². The fraction of sp³-hybridized carbons (Fsp3) is 0.789. The zero-order chi connectivity index (χ0) is 17.8. The average Bonchev–Trinajstić information content (AvgIpc) is 3.12. The number of amides is 1. The van der Waals surface area contributed by atoms with Gasteiger partial charge in [-0.2, -0.15) is 0 Å². The van der Waals surface area contributed by atoms with E-state index in [4.69, 9.17) is 4.52 Å². The van der Waals surface area contributed by atoms with E-state index in [1.54, 1.807) is 6.07 Å². The van der Waals surface area contributed by atoms with Crippen LogP contribution in [0.5, 0.6) is 0 Å². The van der Waals surface area contributed by atoms with Crippen LogP contribution in [0.2, 0.25) is 0 Å². The normalized spacial score (nSPS) is 27.2. The van der Waals surface area contributed by atoms with Crippen LogP contribution in [0.3, 0.4) is 0 Å². The van der Waals surface area contributed by atoms with Gasteiger partial charge in [0.25, 0.3) is 5.91 Å². The third-order valence-electron chi connectivity index (χ3n) is 5.90. The number of aliphatic hydroxyl groups excluding tert-OH is 1. The molecule has 1 aliphatic carbocycles. The second-order valence-corrected chi connectivity index (χ2v) is 7.63. The molecule has 140 valence electrons. The van der Waals surface area contributed by atoms with Crippen molar-refractivity contribution in [3.63, 3.8) is 0 Å². The first-order chi connectivity index (χ1) is 12.1. The van der Waals surface area contributed by atoms with Gasteiger partial charge in [0.2, 0.25) is 5.76 Å². The Morgan fingerprint density at radius 3 is 2.76 bits per heavy atom. The number of hydrogen-bond acceptors (Lipinski definition) is 5. The minimum absolute atomic E-state index is 0.168. The lowest BCUT2D eigenvalue weighted by Gasteiger charge is -2.41. The molecule has 2 aliphatic rings. The molecule has 1 aromatic rings. The minimum atomic E-state index is -0.187. The standard InChI is InChI=1S/C19H31N3O3/c1-3-13(2)15-12-18(25-21-15)19(24)20-14-8-10-22(11-9-14)16-6-4-5-7-17(16)23/h12-14,16-17,23H,3-11H2,1-2H3,(H,20,24)/t13-,16+,17-/m0/s1. The molecule has 0 radical (unpaired) electrons. The first-order valence-corrected chi connectivity index (χ1v) is 9.78. The van der Waals surface area contributed by atoms with Crippen molar-refractivity contribution in [2.75, 3.05) is 13.1 Å². The lowest BCUT2D eigenvalue weighted by atomic mass is 9.89. The van der Waals surface area contributed by atoms with Gasteiger partial charge in [0.05, 0.1) is 11.8 Å². The largest absolute Gasteiger partial charge is 0.391 e. The number of hydrogen-bond donors (Lipinski definition) is 2. The topological polar surface area (TPSA) is 78.6 Å². The lowest BCUT2D eigenvalue weighted by molar-refractivity contribution is 0.00719. The van der Waals surface area contributed by atoms with E-state index in [2.05, 4.69) is 29.2 Å². The molecule has 0 bridgehead atoms. The van der Waals surface area contributed by atoms with Crippen molar-refractivity contribution in [1.29, 1.82) is 0 Å². The third-order valence-corrected chi connectivity index (χ3v) is 5.90. The maximum Gasteiger partial charge on any atom is 0.290 e. The number of likely N-dealkylation sites (tertiary alicyclic amines) is 1. The Morgan fingerprint density at radius 1 is 1.36 bits per heavy atom. The molecule has 6 nitrogen and oxygen atoms in total. The number of piperidine rings is 1. The monoisotopic (exact) mass is 349 g/mol. The maximum absolute atomic E-state index is 12.4. The zero-order valence-electron chi connectivity index (χ0n) is 15.4. The highest BCUT2D eigenvalue weighted by atomic mass is 16.5. The predicted molar refractivity (Wildman–Crippen MR) is 95.5 cm³/mol. The number of aromatic nitrogens is 1. The molecule has 3 atom stereocenters. The lowest BCUT2D eigenvalue weighted by Crippen LogP contribution is -2.52. The van der Waals surface area contributed by atoms with Crippen LogP contribution in [-0.4, -0.2) is 52.3 Å². The molecule has 0 aromatic carbocycles. The summed E-state index contributed by atoms with van der Waals surface area (Å²) >= 11 is 0. The number of rotatable bonds is 5. The number of nitrogens with one attached hydrogen (secondary N) is 1. The fourth-order valence-electron chi connectivity index (χ4n) is 3.99. The zero-order valence-corrected chi connectivity index (χ0v) is 15.4. The number of carbonyl (C=O) groups is 1. The van der Waals surface area contributed by atoms with Crippen LogP contribution < -0.4 is 5.32 Å². The first-order valence-electron chi connectivity index (χ1n) is 9.78. The molecule has 1 aliphatic heterocycles. The summed E-state index contributed by atoms with van der Waals surface area (Å²) in [5.41, 5.74) is 0.841. The van der Waals surface area contributed by atoms with Crippen molar-refractivity contribution >= 4 is 5.91 Å². The molecule has 1 saturated heterocycles. The summed E-state index contributed by atoms with van der Waals surface area (Å²) in [5.74, 6) is 0.439. The van der Waals surface area contributed by atoms with Crippen LogP contribution in [0.4, 0.5) is 0 Å². The molecule has 2 fully saturated rings. The van der Waals surface area contributed by atoms with Crippen molar-refractivity contribution in [1.82, 2.24) is 15.4 Å². The SMILES string of the molecule is CC[C@H](C)c1cc(C(=O)NC2CCN([C@@H]3CCCC[C@@H]3O)CC2)on1. The van der Waals surface area contributed by atoms with Crippen LogP contribution in [-0.2, 0) is 0 Å². The summed E-state index contributed by atoms with van der Waals surface area (Å²) in [6, 6.07) is 2.23. The summed E-state index contributed by atoms with van der Waals surface area (Å²) < 4.78 is 5.22. The Labute approximate surface area is 149 Å². The molecule has 1 aromatic heterocycles. The molecule has 25 heavy (non-hydrogen) atoms. The van der Waals surface area contributed by atoms with E-state index in [0.29, 0.717) is 17.7 Å². The van der Waals surface area contributed by atoms with Gasteiger partial charge in [-0.1, -0.05) is 31.8 Å². The first kappa shape index (κ1) is 18.4. The van der Waals surface area contributed by atoms with Gasteiger partial charge in [0.1, 0.15) is 0 Å². The van der Waals surface area contributed by atoms with Gasteiger partial charge in [-0.25, -0.2) is 0 Å². The fourth-order valence-corrected chi connectivity index (χ4v) is 3.99. The number of aliphatic hydroxyl groups is 1. The number of carbonyl (C=O) groups excluding carboxylic acids is 1. The van der Waals surface area contributed by atoms with E-state index < -0.39 is 0 Å². The second-order valence-electron chi connectivity index (χ2n) is 7.63. The van der Waals surface area contributed by atoms with Crippen molar-refractivity contribution in [3.8, 4) is 0 Å². The van der Waals surface area contributed by atoms with E-state index in [9.17, 15) is 9.90 Å². The van der Waals surface area contributed by atoms with Gasteiger partial charge in [0, 0.05) is 37.2 Å². The number of nitrogens with zero attached hydrogens (tertiary/aromatic N) is 2. The summed E-state index contributed by atoms with van der Waals surface area (Å²) in [5, 5.41) is 17.3. The minimum Gasteiger partial charge on any atom is -0.391 e. The highest BCUT2D eigenvalue weighted by Crippen LogP contribution is 2.26. The molecular formula is C19H31N3O3. The summed E-state index contributed by atoms with van der Waals surface area (Å²) in [6.45, 7) is 6.04. The molecule has 6 heteroatoms. The molecule has 0 unspecified atom stereocenters. The maximum atomic E-state index is 12.4. The van der Waals surface area contributed by atoms with E-state index >= 15 is 0 Å². The molecule has 1 amide bonds. The highest BCUT2D eigenvalue weighted by Gasteiger charge is 2.32. The Bertz CT molecular complexity index is 566. The second kappa shape index (κ2) is 8.32. The quantitative estimate of drug-likeness (QED) is 0.854. The van der Waals surface area contributed by atoms with Crippen molar-refractivity contribution < 1.29 is 14.4 Å². The van der Waals surface area contributed by atoms with Gasteiger partial charge < -0.3 is 14.9 Å². The average molecular weight is 349 g/mol. The van der Waals surface area contributed by atoms with E-state index in [1.807, 2.05) is 0 Å². The van der Waals surface area contributed by atoms with Gasteiger partial charge >= 0.3 is 0 Å². The smallest absolute Gasteiger partial charge is 0.290 e. The van der Waals surface area contributed by atoms with Crippen LogP contribution in [0.25, 0.3) is 0 Å². The molecule has 1 saturated carbocycles. The van der Waals surface area contributed by atoms with Crippen molar-refractivity contribution in [2.24, 2.45) is 0 Å². The van der Waals surface area contributed by atoms with Gasteiger partial charge in [-0.05, 0) is 32.1 Å². The predicted octanol–water partition coefficient (Wildman–Crippen LogP) is 2.69. The van der Waals surface area contributed by atoms with Gasteiger partial charge in [0.15, 0.2) is 0 Å². The van der Waals surface area contributed by atoms with Gasteiger partial charge in [-0.15, -0.1) is 0 Å². The summed E-state index contributed by atoms with van der Waals surface area (Å²) in [4.78, 5) is 14.8. The van der Waals surface area contributed by atoms with Gasteiger partial charge in [-0.3, -0.25) is 9.69 Å². The molecule has 3 rings (SSSR count). The van der Waals surface area contributed by atoms with Crippen LogP contribution >= 0.6 is 0 Å². The van der Waals surface area contributed by atoms with Crippen LogP contribution in [0.1, 0.15) is 81.0 Å². The van der Waals surface area contributed by atoms with E-state index in [1.165, 1.54) is 6.42 Å². The van der Waals surface area contributed by atoms with Crippen molar-refractivity contribution in [3.05, 3.63) is 17.5 Å². The Hall–Kier alpha value is -1.40. The van der Waals surface area contributed by atoms with Crippen LogP contribution in [0, 0.1) is 0 Å².